The first kappa shape index (κ1) is 23.8. The number of nitrogens with zero attached hydrogens (tertiary/aromatic N) is 1. The summed E-state index contributed by atoms with van der Waals surface area (Å²) in [4.78, 5) is 1.99. The molecule has 156 valence electrons. The fourth-order valence-corrected chi connectivity index (χ4v) is 3.42. The van der Waals surface area contributed by atoms with E-state index in [4.69, 9.17) is 14.2 Å². The minimum Gasteiger partial charge on any atom is -0.394 e. The molecule has 0 spiro atoms. The molecule has 0 aromatic carbocycles. The summed E-state index contributed by atoms with van der Waals surface area (Å²) in [6, 6.07) is 0. The van der Waals surface area contributed by atoms with Crippen LogP contribution in [-0.4, -0.2) is 90.4 Å². The van der Waals surface area contributed by atoms with Crippen LogP contribution in [0.25, 0.3) is 0 Å². The van der Waals surface area contributed by atoms with Gasteiger partial charge in [-0.25, -0.2) is 0 Å². The highest BCUT2D eigenvalue weighted by Crippen LogP contribution is 2.38. The zero-order chi connectivity index (χ0) is 19.9. The van der Waals surface area contributed by atoms with Crippen LogP contribution in [0.5, 0.6) is 0 Å². The second-order valence-corrected chi connectivity index (χ2v) is 7.67. The molecule has 1 rings (SSSR count). The van der Waals surface area contributed by atoms with Crippen LogP contribution in [0.4, 0.5) is 0 Å². The highest BCUT2D eigenvalue weighted by atomic mass is 16.7. The maximum absolute atomic E-state index is 10.9. The SMILES string of the molecule is CCC(CC)OC1OC(CO)C(C(C)(O)CC)C(OCCN(C)C)C1O. The van der Waals surface area contributed by atoms with Crippen LogP contribution in [0, 0.1) is 5.92 Å². The fourth-order valence-electron chi connectivity index (χ4n) is 3.42. The Morgan fingerprint density at radius 1 is 1.19 bits per heavy atom. The van der Waals surface area contributed by atoms with Gasteiger partial charge in [0.25, 0.3) is 0 Å². The summed E-state index contributed by atoms with van der Waals surface area (Å²) in [6.45, 7) is 8.41. The summed E-state index contributed by atoms with van der Waals surface area (Å²) >= 11 is 0. The van der Waals surface area contributed by atoms with Crippen molar-refractivity contribution < 1.29 is 29.5 Å². The molecule has 1 saturated heterocycles. The van der Waals surface area contributed by atoms with Crippen LogP contribution in [0.3, 0.4) is 0 Å². The monoisotopic (exact) mass is 377 g/mol. The first-order valence-corrected chi connectivity index (χ1v) is 9.80. The molecule has 0 saturated carbocycles. The third-order valence-electron chi connectivity index (χ3n) is 5.38. The third kappa shape index (κ3) is 6.12. The molecular formula is C19H39NO6. The summed E-state index contributed by atoms with van der Waals surface area (Å²) in [5, 5.41) is 31.6. The van der Waals surface area contributed by atoms with Gasteiger partial charge < -0.3 is 34.4 Å². The summed E-state index contributed by atoms with van der Waals surface area (Å²) in [5.41, 5.74) is -1.14. The highest BCUT2D eigenvalue weighted by Gasteiger charge is 2.53. The van der Waals surface area contributed by atoms with Crippen LogP contribution in [-0.2, 0) is 14.2 Å². The largest absolute Gasteiger partial charge is 0.394 e. The molecule has 26 heavy (non-hydrogen) atoms. The molecule has 1 aliphatic rings. The Morgan fingerprint density at radius 2 is 1.81 bits per heavy atom. The van der Waals surface area contributed by atoms with E-state index in [1.807, 2.05) is 39.8 Å². The zero-order valence-corrected chi connectivity index (χ0v) is 17.2. The molecule has 1 aliphatic heterocycles. The van der Waals surface area contributed by atoms with Crippen LogP contribution in [0.15, 0.2) is 0 Å². The molecule has 3 N–H and O–H groups in total. The second-order valence-electron chi connectivity index (χ2n) is 7.67. The van der Waals surface area contributed by atoms with Gasteiger partial charge in [0.05, 0.1) is 37.1 Å². The minimum atomic E-state index is -1.14. The number of rotatable bonds is 11. The molecule has 1 fully saturated rings. The van der Waals surface area contributed by atoms with Crippen molar-refractivity contribution in [1.29, 1.82) is 0 Å². The average Bonchev–Trinajstić information content (AvgIpc) is 2.61. The zero-order valence-electron chi connectivity index (χ0n) is 17.2. The Hall–Kier alpha value is -0.280. The normalized spacial score (nSPS) is 32.2. The van der Waals surface area contributed by atoms with E-state index in [1.165, 1.54) is 0 Å². The van der Waals surface area contributed by atoms with E-state index in [0.29, 0.717) is 19.6 Å². The number of hydrogen-bond acceptors (Lipinski definition) is 7. The van der Waals surface area contributed by atoms with Crippen molar-refractivity contribution >= 4 is 0 Å². The fraction of sp³-hybridized carbons (Fsp3) is 1.00. The predicted molar refractivity (Wildman–Crippen MR) is 99.9 cm³/mol. The first-order valence-electron chi connectivity index (χ1n) is 9.80. The molecule has 1 heterocycles. The molecular weight excluding hydrogens is 338 g/mol. The van der Waals surface area contributed by atoms with Crippen molar-refractivity contribution in [2.24, 2.45) is 5.92 Å². The molecule has 0 amide bonds. The molecule has 0 aromatic heterocycles. The van der Waals surface area contributed by atoms with Gasteiger partial charge in [0.15, 0.2) is 6.29 Å². The van der Waals surface area contributed by atoms with Gasteiger partial charge >= 0.3 is 0 Å². The van der Waals surface area contributed by atoms with Gasteiger partial charge in [-0.3, -0.25) is 0 Å². The van der Waals surface area contributed by atoms with Crippen molar-refractivity contribution in [3.63, 3.8) is 0 Å². The second kappa shape index (κ2) is 10.9. The lowest BCUT2D eigenvalue weighted by molar-refractivity contribution is -0.325. The number of hydrogen-bond donors (Lipinski definition) is 3. The van der Waals surface area contributed by atoms with Crippen LogP contribution in [0.2, 0.25) is 0 Å². The summed E-state index contributed by atoms with van der Waals surface area (Å²) in [6.07, 6.45) is -1.26. The van der Waals surface area contributed by atoms with Gasteiger partial charge in [-0.2, -0.15) is 0 Å². The van der Waals surface area contributed by atoms with E-state index < -0.39 is 36.1 Å². The van der Waals surface area contributed by atoms with Gasteiger partial charge in [0.1, 0.15) is 6.10 Å². The van der Waals surface area contributed by atoms with E-state index in [-0.39, 0.29) is 12.7 Å². The topological polar surface area (TPSA) is 91.6 Å². The van der Waals surface area contributed by atoms with Crippen molar-refractivity contribution in [3.05, 3.63) is 0 Å². The maximum atomic E-state index is 10.9. The van der Waals surface area contributed by atoms with E-state index in [1.54, 1.807) is 6.92 Å². The van der Waals surface area contributed by atoms with Crippen molar-refractivity contribution in [2.45, 2.75) is 83.3 Å². The first-order chi connectivity index (χ1) is 12.2. The quantitative estimate of drug-likeness (QED) is 0.495. The summed E-state index contributed by atoms with van der Waals surface area (Å²) in [5.74, 6) is -0.559. The Balaban J connectivity index is 3.04. The Morgan fingerprint density at radius 3 is 2.27 bits per heavy atom. The van der Waals surface area contributed by atoms with Gasteiger partial charge in [0.2, 0.25) is 0 Å². The molecule has 6 unspecified atom stereocenters. The van der Waals surface area contributed by atoms with Gasteiger partial charge in [0, 0.05) is 12.5 Å². The number of aliphatic hydroxyl groups is 3. The van der Waals surface area contributed by atoms with Gasteiger partial charge in [-0.05, 0) is 40.3 Å². The lowest BCUT2D eigenvalue weighted by atomic mass is 9.75. The Bertz CT molecular complexity index is 388. The van der Waals surface area contributed by atoms with Crippen LogP contribution >= 0.6 is 0 Å². The summed E-state index contributed by atoms with van der Waals surface area (Å²) < 4.78 is 17.8. The molecule has 0 aromatic rings. The third-order valence-corrected chi connectivity index (χ3v) is 5.38. The van der Waals surface area contributed by atoms with Crippen LogP contribution in [0.1, 0.15) is 47.0 Å². The molecule has 6 atom stereocenters. The van der Waals surface area contributed by atoms with E-state index in [9.17, 15) is 15.3 Å². The minimum absolute atomic E-state index is 0.0420. The van der Waals surface area contributed by atoms with Crippen LogP contribution < -0.4 is 0 Å². The number of ether oxygens (including phenoxy) is 3. The smallest absolute Gasteiger partial charge is 0.186 e. The van der Waals surface area contributed by atoms with Crippen molar-refractivity contribution in [2.75, 3.05) is 33.9 Å². The number of likely N-dealkylation sites (N-methyl/N-ethyl adjacent to an activating group) is 1. The molecule has 7 heteroatoms. The molecule has 0 aliphatic carbocycles. The Labute approximate surface area is 158 Å². The lowest BCUT2D eigenvalue weighted by Crippen LogP contribution is -2.63. The van der Waals surface area contributed by atoms with Gasteiger partial charge in [-0.1, -0.05) is 20.8 Å². The van der Waals surface area contributed by atoms with E-state index in [0.717, 1.165) is 12.8 Å². The van der Waals surface area contributed by atoms with Crippen molar-refractivity contribution in [1.82, 2.24) is 4.90 Å². The van der Waals surface area contributed by atoms with Gasteiger partial charge in [-0.15, -0.1) is 0 Å². The molecule has 0 bridgehead atoms. The van der Waals surface area contributed by atoms with E-state index in [2.05, 4.69) is 0 Å². The van der Waals surface area contributed by atoms with Crippen molar-refractivity contribution in [3.8, 4) is 0 Å². The summed E-state index contributed by atoms with van der Waals surface area (Å²) in [7, 11) is 3.89. The maximum Gasteiger partial charge on any atom is 0.186 e. The highest BCUT2D eigenvalue weighted by molar-refractivity contribution is 4.99. The molecule has 0 radical (unpaired) electrons. The standard InChI is InChI=1S/C19H39NO6/c1-7-13(8-2)25-18-16(22)17(24-11-10-20(5)6)15(14(12-21)26-18)19(4,23)9-3/h13-18,21-23H,7-12H2,1-6H3. The Kier molecular flexibility index (Phi) is 9.96. The number of aliphatic hydroxyl groups excluding tert-OH is 2. The molecule has 7 nitrogen and oxygen atoms in total. The van der Waals surface area contributed by atoms with E-state index >= 15 is 0 Å². The average molecular weight is 378 g/mol. The predicted octanol–water partition coefficient (Wildman–Crippen LogP) is 0.994. The lowest BCUT2D eigenvalue weighted by Gasteiger charge is -2.49.